The van der Waals surface area contributed by atoms with Crippen LogP contribution in [0.15, 0.2) is 48.5 Å². The number of aromatic nitrogens is 3. The molecule has 0 aliphatic carbocycles. The lowest BCUT2D eigenvalue weighted by Crippen LogP contribution is -2.16. The lowest BCUT2D eigenvalue weighted by atomic mass is 10.1. The van der Waals surface area contributed by atoms with Crippen molar-refractivity contribution in [2.75, 3.05) is 17.7 Å². The number of carbonyl (C=O) groups is 1. The van der Waals surface area contributed by atoms with Gasteiger partial charge in [-0.2, -0.15) is 15.0 Å². The number of rotatable bonds is 7. The van der Waals surface area contributed by atoms with E-state index in [0.717, 1.165) is 16.8 Å². The van der Waals surface area contributed by atoms with Crippen LogP contribution in [0.25, 0.3) is 0 Å². The second-order valence-electron chi connectivity index (χ2n) is 6.14. The minimum absolute atomic E-state index is 0.0333. The van der Waals surface area contributed by atoms with Crippen LogP contribution in [0.1, 0.15) is 17.0 Å². The Bertz CT molecular complexity index is 963. The molecule has 144 valence electrons. The van der Waals surface area contributed by atoms with E-state index in [1.807, 2.05) is 62.4 Å². The van der Waals surface area contributed by atoms with E-state index in [4.69, 9.17) is 15.2 Å². The van der Waals surface area contributed by atoms with Gasteiger partial charge in [0.2, 0.25) is 11.9 Å². The minimum Gasteiger partial charge on any atom is -0.482 e. The van der Waals surface area contributed by atoms with Gasteiger partial charge in [0.05, 0.1) is 0 Å². The van der Waals surface area contributed by atoms with Crippen LogP contribution < -0.4 is 15.8 Å². The Morgan fingerprint density at radius 3 is 2.61 bits per heavy atom. The Balaban J connectivity index is 1.55. The van der Waals surface area contributed by atoms with E-state index in [1.54, 1.807) is 0 Å². The van der Waals surface area contributed by atoms with Gasteiger partial charge in [-0.1, -0.05) is 35.9 Å². The fraction of sp³-hybridized carbons (Fsp3) is 0.200. The fourth-order valence-corrected chi connectivity index (χ4v) is 2.49. The van der Waals surface area contributed by atoms with E-state index in [0.29, 0.717) is 5.75 Å². The van der Waals surface area contributed by atoms with Gasteiger partial charge in [-0.3, -0.25) is 0 Å². The molecule has 0 amide bonds. The zero-order valence-electron chi connectivity index (χ0n) is 15.7. The molecule has 3 aromatic rings. The molecular formula is C20H21N5O3. The normalized spacial score (nSPS) is 10.4. The molecule has 0 aliphatic rings. The lowest BCUT2D eigenvalue weighted by Gasteiger charge is -2.10. The maximum Gasteiger partial charge on any atom is 0.344 e. The number of carbonyl (C=O) groups excluding carboxylic acids is 1. The first kappa shape index (κ1) is 19.1. The van der Waals surface area contributed by atoms with Gasteiger partial charge in [-0.15, -0.1) is 0 Å². The van der Waals surface area contributed by atoms with E-state index >= 15 is 0 Å². The highest BCUT2D eigenvalue weighted by molar-refractivity contribution is 5.71. The largest absolute Gasteiger partial charge is 0.482 e. The summed E-state index contributed by atoms with van der Waals surface area (Å²) in [7, 11) is 0. The summed E-state index contributed by atoms with van der Waals surface area (Å²) in [6, 6.07) is 15.1. The van der Waals surface area contributed by atoms with Crippen molar-refractivity contribution in [3.8, 4) is 5.75 Å². The van der Waals surface area contributed by atoms with Crippen molar-refractivity contribution in [2.24, 2.45) is 0 Å². The van der Waals surface area contributed by atoms with E-state index < -0.39 is 5.97 Å². The first-order valence-corrected chi connectivity index (χ1v) is 8.68. The molecule has 2 aromatic carbocycles. The monoisotopic (exact) mass is 379 g/mol. The summed E-state index contributed by atoms with van der Waals surface area (Å²) in [5.41, 5.74) is 8.60. The first-order chi connectivity index (χ1) is 13.5. The number of hydrogen-bond donors (Lipinski definition) is 2. The molecule has 3 rings (SSSR count). The Hall–Kier alpha value is -3.68. The average molecular weight is 379 g/mol. The van der Waals surface area contributed by atoms with Gasteiger partial charge in [0.25, 0.3) is 0 Å². The van der Waals surface area contributed by atoms with E-state index in [-0.39, 0.29) is 30.9 Å². The van der Waals surface area contributed by atoms with Crippen molar-refractivity contribution in [1.82, 2.24) is 15.0 Å². The molecule has 3 N–H and O–H groups in total. The number of nitrogens with zero attached hydrogens (tertiary/aromatic N) is 3. The predicted molar refractivity (Wildman–Crippen MR) is 105 cm³/mol. The van der Waals surface area contributed by atoms with Crippen LogP contribution >= 0.6 is 0 Å². The molecule has 1 heterocycles. The van der Waals surface area contributed by atoms with Gasteiger partial charge >= 0.3 is 5.97 Å². The maximum atomic E-state index is 12.0. The summed E-state index contributed by atoms with van der Waals surface area (Å²) in [6.45, 7) is 3.57. The highest BCUT2D eigenvalue weighted by Crippen LogP contribution is 2.18. The molecule has 0 radical (unpaired) electrons. The summed E-state index contributed by atoms with van der Waals surface area (Å²) < 4.78 is 10.7. The number of nitrogens with two attached hydrogens (primary N) is 1. The van der Waals surface area contributed by atoms with E-state index in [9.17, 15) is 4.79 Å². The highest BCUT2D eigenvalue weighted by Gasteiger charge is 2.10. The molecule has 28 heavy (non-hydrogen) atoms. The van der Waals surface area contributed by atoms with Gasteiger partial charge in [-0.25, -0.2) is 4.79 Å². The van der Waals surface area contributed by atoms with Crippen LogP contribution in [-0.2, 0) is 16.1 Å². The Kier molecular flexibility index (Phi) is 6.01. The maximum absolute atomic E-state index is 12.0. The number of hydrogen-bond acceptors (Lipinski definition) is 8. The molecular weight excluding hydrogens is 358 g/mol. The second kappa shape index (κ2) is 8.81. The Labute approximate surface area is 162 Å². The number of para-hydroxylation sites is 1. The number of nitrogen functional groups attached to an aromatic ring is 1. The van der Waals surface area contributed by atoms with E-state index in [1.165, 1.54) is 0 Å². The number of ether oxygens (including phenoxy) is 2. The number of anilines is 3. The number of benzene rings is 2. The third kappa shape index (κ3) is 5.41. The van der Waals surface area contributed by atoms with Crippen LogP contribution in [-0.4, -0.2) is 27.5 Å². The van der Waals surface area contributed by atoms with Gasteiger partial charge in [0.1, 0.15) is 5.75 Å². The molecule has 8 nitrogen and oxygen atoms in total. The van der Waals surface area contributed by atoms with Crippen molar-refractivity contribution in [2.45, 2.75) is 20.5 Å². The van der Waals surface area contributed by atoms with Crippen molar-refractivity contribution in [3.05, 3.63) is 65.5 Å². The van der Waals surface area contributed by atoms with Crippen LogP contribution in [0.4, 0.5) is 17.6 Å². The summed E-state index contributed by atoms with van der Waals surface area (Å²) >= 11 is 0. The third-order valence-electron chi connectivity index (χ3n) is 3.77. The number of esters is 1. The smallest absolute Gasteiger partial charge is 0.344 e. The molecule has 1 aromatic heterocycles. The van der Waals surface area contributed by atoms with Crippen LogP contribution in [0.2, 0.25) is 0 Å². The fourth-order valence-electron chi connectivity index (χ4n) is 2.49. The SMILES string of the molecule is Cc1ccc(OCC(=O)OCc2nc(N)nc(Nc3ccccc3)n2)c(C)c1. The molecule has 8 heteroatoms. The topological polar surface area (TPSA) is 112 Å². The Morgan fingerprint density at radius 2 is 1.86 bits per heavy atom. The summed E-state index contributed by atoms with van der Waals surface area (Å²) in [5, 5.41) is 3.02. The summed E-state index contributed by atoms with van der Waals surface area (Å²) in [5.74, 6) is 0.658. The van der Waals surface area contributed by atoms with Crippen molar-refractivity contribution in [1.29, 1.82) is 0 Å². The summed E-state index contributed by atoms with van der Waals surface area (Å²) in [4.78, 5) is 24.2. The average Bonchev–Trinajstić information content (AvgIpc) is 2.66. The van der Waals surface area contributed by atoms with Crippen LogP contribution in [0, 0.1) is 13.8 Å². The van der Waals surface area contributed by atoms with Crippen LogP contribution in [0.5, 0.6) is 5.75 Å². The van der Waals surface area contributed by atoms with Gasteiger partial charge in [0.15, 0.2) is 19.0 Å². The zero-order valence-corrected chi connectivity index (χ0v) is 15.7. The molecule has 0 aliphatic heterocycles. The third-order valence-corrected chi connectivity index (χ3v) is 3.77. The molecule has 0 spiro atoms. The lowest BCUT2D eigenvalue weighted by molar-refractivity contribution is -0.147. The van der Waals surface area contributed by atoms with Crippen molar-refractivity contribution >= 4 is 23.6 Å². The van der Waals surface area contributed by atoms with Crippen LogP contribution in [0.3, 0.4) is 0 Å². The quantitative estimate of drug-likeness (QED) is 0.603. The first-order valence-electron chi connectivity index (χ1n) is 8.68. The molecule has 0 unspecified atom stereocenters. The van der Waals surface area contributed by atoms with Gasteiger partial charge in [0, 0.05) is 5.69 Å². The van der Waals surface area contributed by atoms with Gasteiger partial charge < -0.3 is 20.5 Å². The molecule has 0 atom stereocenters. The second-order valence-corrected chi connectivity index (χ2v) is 6.14. The van der Waals surface area contributed by atoms with Crippen molar-refractivity contribution < 1.29 is 14.3 Å². The van der Waals surface area contributed by atoms with Gasteiger partial charge in [-0.05, 0) is 37.6 Å². The standard InChI is InChI=1S/C20H21N5O3/c1-13-8-9-16(14(2)10-13)27-12-18(26)28-11-17-23-19(21)25-20(24-17)22-15-6-4-3-5-7-15/h3-10H,11-12H2,1-2H3,(H3,21,22,23,24,25). The predicted octanol–water partition coefficient (Wildman–Crippen LogP) is 2.94. The van der Waals surface area contributed by atoms with E-state index in [2.05, 4.69) is 20.3 Å². The minimum atomic E-state index is -0.531. The van der Waals surface area contributed by atoms with Crippen molar-refractivity contribution in [3.63, 3.8) is 0 Å². The Morgan fingerprint density at radius 1 is 1.07 bits per heavy atom. The molecule has 0 saturated heterocycles. The summed E-state index contributed by atoms with van der Waals surface area (Å²) in [6.07, 6.45) is 0. The molecule has 0 bridgehead atoms. The molecule has 0 saturated carbocycles. The zero-order chi connectivity index (χ0) is 19.9. The molecule has 0 fully saturated rings. The number of nitrogens with one attached hydrogen (secondary N) is 1. The highest BCUT2D eigenvalue weighted by atomic mass is 16.6. The number of aryl methyl sites for hydroxylation is 2.